The maximum atomic E-state index is 12.8. The SMILES string of the molecule is Cc1ccc(N(C)c2cc(C(F)(F)F)ccc2Br)cc1. The molecule has 0 saturated carbocycles. The Balaban J connectivity index is 2.43. The molecular weight excluding hydrogens is 331 g/mol. The third kappa shape index (κ3) is 3.15. The molecule has 20 heavy (non-hydrogen) atoms. The first kappa shape index (κ1) is 14.9. The third-order valence-electron chi connectivity index (χ3n) is 3.06. The number of alkyl halides is 3. The highest BCUT2D eigenvalue weighted by Gasteiger charge is 2.31. The second-order valence-electron chi connectivity index (χ2n) is 4.56. The van der Waals surface area contributed by atoms with Crippen molar-refractivity contribution in [3.8, 4) is 0 Å². The van der Waals surface area contributed by atoms with Gasteiger partial charge in [-0.3, -0.25) is 0 Å². The van der Waals surface area contributed by atoms with Gasteiger partial charge in [0.2, 0.25) is 0 Å². The van der Waals surface area contributed by atoms with E-state index in [-0.39, 0.29) is 0 Å². The largest absolute Gasteiger partial charge is 0.416 e. The van der Waals surface area contributed by atoms with Gasteiger partial charge in [-0.2, -0.15) is 13.2 Å². The quantitative estimate of drug-likeness (QED) is 0.691. The first-order valence-electron chi connectivity index (χ1n) is 5.96. The van der Waals surface area contributed by atoms with Crippen molar-refractivity contribution in [2.24, 2.45) is 0 Å². The summed E-state index contributed by atoms with van der Waals surface area (Å²) in [6.45, 7) is 1.96. The van der Waals surface area contributed by atoms with Gasteiger partial charge in [-0.15, -0.1) is 0 Å². The lowest BCUT2D eigenvalue weighted by Crippen LogP contribution is -2.12. The molecule has 0 amide bonds. The molecular formula is C15H13BrF3N. The molecule has 2 rings (SSSR count). The highest BCUT2D eigenvalue weighted by atomic mass is 79.9. The molecule has 0 aliphatic rings. The maximum Gasteiger partial charge on any atom is 0.416 e. The van der Waals surface area contributed by atoms with Gasteiger partial charge < -0.3 is 4.90 Å². The van der Waals surface area contributed by atoms with Crippen LogP contribution in [-0.4, -0.2) is 7.05 Å². The van der Waals surface area contributed by atoms with E-state index in [1.165, 1.54) is 6.07 Å². The van der Waals surface area contributed by atoms with Crippen LogP contribution in [0.15, 0.2) is 46.9 Å². The molecule has 5 heteroatoms. The van der Waals surface area contributed by atoms with Crippen LogP contribution in [0.1, 0.15) is 11.1 Å². The first-order chi connectivity index (χ1) is 9.29. The van der Waals surface area contributed by atoms with Crippen LogP contribution in [0.2, 0.25) is 0 Å². The third-order valence-corrected chi connectivity index (χ3v) is 3.73. The lowest BCUT2D eigenvalue weighted by molar-refractivity contribution is -0.137. The molecule has 0 saturated heterocycles. The summed E-state index contributed by atoms with van der Waals surface area (Å²) in [5.41, 5.74) is 1.75. The van der Waals surface area contributed by atoms with Gasteiger partial charge in [0.05, 0.1) is 11.3 Å². The summed E-state index contributed by atoms with van der Waals surface area (Å²) in [6, 6.07) is 11.2. The number of halogens is 4. The highest BCUT2D eigenvalue weighted by molar-refractivity contribution is 9.10. The minimum absolute atomic E-state index is 0.476. The zero-order valence-electron chi connectivity index (χ0n) is 11.0. The zero-order valence-corrected chi connectivity index (χ0v) is 12.6. The van der Waals surface area contributed by atoms with E-state index in [0.29, 0.717) is 10.2 Å². The van der Waals surface area contributed by atoms with Crippen molar-refractivity contribution in [1.29, 1.82) is 0 Å². The summed E-state index contributed by atoms with van der Waals surface area (Å²) >= 11 is 3.30. The number of nitrogens with zero attached hydrogens (tertiary/aromatic N) is 1. The monoisotopic (exact) mass is 343 g/mol. The molecule has 0 atom stereocenters. The van der Waals surface area contributed by atoms with E-state index in [4.69, 9.17) is 0 Å². The lowest BCUT2D eigenvalue weighted by Gasteiger charge is -2.22. The molecule has 0 heterocycles. The molecule has 0 aromatic heterocycles. The topological polar surface area (TPSA) is 3.24 Å². The Kier molecular flexibility index (Phi) is 4.09. The number of aryl methyl sites for hydroxylation is 1. The Morgan fingerprint density at radius 2 is 1.60 bits per heavy atom. The Labute approximate surface area is 124 Å². The van der Waals surface area contributed by atoms with Gasteiger partial charge in [0.15, 0.2) is 0 Å². The first-order valence-corrected chi connectivity index (χ1v) is 6.75. The number of anilines is 2. The van der Waals surface area contributed by atoms with E-state index in [1.54, 1.807) is 11.9 Å². The number of rotatable bonds is 2. The summed E-state index contributed by atoms with van der Waals surface area (Å²) in [5, 5.41) is 0. The second-order valence-corrected chi connectivity index (χ2v) is 5.41. The Morgan fingerprint density at radius 1 is 1.00 bits per heavy atom. The predicted octanol–water partition coefficient (Wildman–Crippen LogP) is 5.54. The fourth-order valence-electron chi connectivity index (χ4n) is 1.85. The Hall–Kier alpha value is -1.49. The van der Waals surface area contributed by atoms with Crippen molar-refractivity contribution in [2.75, 3.05) is 11.9 Å². The van der Waals surface area contributed by atoms with Crippen molar-refractivity contribution in [2.45, 2.75) is 13.1 Å². The molecule has 0 unspecified atom stereocenters. The van der Waals surface area contributed by atoms with Crippen molar-refractivity contribution < 1.29 is 13.2 Å². The van der Waals surface area contributed by atoms with Crippen LogP contribution in [-0.2, 0) is 6.18 Å². The van der Waals surface area contributed by atoms with Gasteiger partial charge in [-0.1, -0.05) is 17.7 Å². The summed E-state index contributed by atoms with van der Waals surface area (Å²) in [5.74, 6) is 0. The normalized spacial score (nSPS) is 11.5. The molecule has 0 radical (unpaired) electrons. The molecule has 0 aliphatic heterocycles. The summed E-state index contributed by atoms with van der Waals surface area (Å²) in [6.07, 6.45) is -4.34. The average Bonchev–Trinajstić information content (AvgIpc) is 2.38. The molecule has 0 aliphatic carbocycles. The molecule has 0 N–H and O–H groups in total. The second kappa shape index (κ2) is 5.48. The molecule has 0 bridgehead atoms. The molecule has 2 aromatic carbocycles. The van der Waals surface area contributed by atoms with Gasteiger partial charge in [0.1, 0.15) is 0 Å². The molecule has 0 fully saturated rings. The van der Waals surface area contributed by atoms with Crippen LogP contribution in [0.25, 0.3) is 0 Å². The fraction of sp³-hybridized carbons (Fsp3) is 0.200. The minimum Gasteiger partial charge on any atom is -0.344 e. The van der Waals surface area contributed by atoms with Gasteiger partial charge in [-0.25, -0.2) is 0 Å². The van der Waals surface area contributed by atoms with E-state index >= 15 is 0 Å². The van der Waals surface area contributed by atoms with Gasteiger partial charge in [0.25, 0.3) is 0 Å². The van der Waals surface area contributed by atoms with Crippen LogP contribution in [0.3, 0.4) is 0 Å². The van der Waals surface area contributed by atoms with Crippen molar-refractivity contribution >= 4 is 27.3 Å². The fourth-order valence-corrected chi connectivity index (χ4v) is 2.37. The summed E-state index contributed by atoms with van der Waals surface area (Å²) in [4.78, 5) is 1.72. The van der Waals surface area contributed by atoms with E-state index in [2.05, 4.69) is 15.9 Å². The molecule has 2 aromatic rings. The standard InChI is InChI=1S/C15H13BrF3N/c1-10-3-6-12(7-4-10)20(2)14-9-11(15(17,18)19)5-8-13(14)16/h3-9H,1-2H3. The highest BCUT2D eigenvalue weighted by Crippen LogP contribution is 2.37. The smallest absolute Gasteiger partial charge is 0.344 e. The Morgan fingerprint density at radius 3 is 2.15 bits per heavy atom. The number of hydrogen-bond donors (Lipinski definition) is 0. The van der Waals surface area contributed by atoms with Crippen LogP contribution in [0.5, 0.6) is 0 Å². The average molecular weight is 344 g/mol. The van der Waals surface area contributed by atoms with Gasteiger partial charge in [0, 0.05) is 17.2 Å². The van der Waals surface area contributed by atoms with Crippen molar-refractivity contribution in [3.63, 3.8) is 0 Å². The summed E-state index contributed by atoms with van der Waals surface area (Å²) in [7, 11) is 1.74. The van der Waals surface area contributed by atoms with Crippen LogP contribution >= 0.6 is 15.9 Å². The lowest BCUT2D eigenvalue weighted by atomic mass is 10.1. The maximum absolute atomic E-state index is 12.8. The molecule has 0 spiro atoms. The predicted molar refractivity (Wildman–Crippen MR) is 78.4 cm³/mol. The Bertz CT molecular complexity index is 606. The zero-order chi connectivity index (χ0) is 14.9. The van der Waals surface area contributed by atoms with Crippen LogP contribution < -0.4 is 4.90 Å². The van der Waals surface area contributed by atoms with E-state index in [1.807, 2.05) is 31.2 Å². The van der Waals surface area contributed by atoms with Gasteiger partial charge >= 0.3 is 6.18 Å². The van der Waals surface area contributed by atoms with Gasteiger partial charge in [-0.05, 0) is 53.2 Å². The number of hydrogen-bond acceptors (Lipinski definition) is 1. The molecule has 106 valence electrons. The van der Waals surface area contributed by atoms with E-state index < -0.39 is 11.7 Å². The summed E-state index contributed by atoms with van der Waals surface area (Å²) < 4.78 is 39.0. The van der Waals surface area contributed by atoms with E-state index in [0.717, 1.165) is 23.4 Å². The minimum atomic E-state index is -4.34. The van der Waals surface area contributed by atoms with Crippen molar-refractivity contribution in [1.82, 2.24) is 0 Å². The van der Waals surface area contributed by atoms with Crippen molar-refractivity contribution in [3.05, 3.63) is 58.1 Å². The van der Waals surface area contributed by atoms with Crippen LogP contribution in [0, 0.1) is 6.92 Å². The van der Waals surface area contributed by atoms with Crippen LogP contribution in [0.4, 0.5) is 24.5 Å². The van der Waals surface area contributed by atoms with E-state index in [9.17, 15) is 13.2 Å². The number of benzene rings is 2. The molecule has 1 nitrogen and oxygen atoms in total.